The molecule has 1 nitrogen and oxygen atoms in total. The van der Waals surface area contributed by atoms with Crippen molar-refractivity contribution in [3.8, 4) is 22.3 Å². The van der Waals surface area contributed by atoms with Crippen LogP contribution in [0.4, 0.5) is 17.1 Å². The molecule has 0 N–H and O–H groups in total. The lowest BCUT2D eigenvalue weighted by atomic mass is 9.78. The smallest absolute Gasteiger partial charge is 0.0468 e. The lowest BCUT2D eigenvalue weighted by molar-refractivity contribution is 0.661. The molecule has 0 unspecified atom stereocenters. The van der Waals surface area contributed by atoms with Gasteiger partial charge in [0.25, 0.3) is 0 Å². The van der Waals surface area contributed by atoms with Crippen molar-refractivity contribution in [2.24, 2.45) is 0 Å². The highest BCUT2D eigenvalue weighted by Gasteiger charge is 2.39. The van der Waals surface area contributed by atoms with Crippen LogP contribution in [-0.4, -0.2) is 0 Å². The maximum absolute atomic E-state index is 2.46. The van der Waals surface area contributed by atoms with E-state index in [1.54, 1.807) is 0 Å². The van der Waals surface area contributed by atoms with Gasteiger partial charge in [-0.3, -0.25) is 0 Å². The number of fused-ring (bicyclic) bond motifs is 13. The third-order valence-corrected chi connectivity index (χ3v) is 12.5. The standard InChI is InChI=1S/C52H39N/c1-51(2)46-28-20-33-12-7-9-15-40(33)48(46)45-27-23-39(31-47(45)51)53(37-21-17-32-11-5-6-14-35(32)29-37)38-22-26-42-36(30-38)19-25-44-43-24-18-34-13-8-10-16-41(34)49(43)52(3,4)50(42)44/h5-31H,1-4H3. The van der Waals surface area contributed by atoms with Crippen LogP contribution in [0.2, 0.25) is 0 Å². The summed E-state index contributed by atoms with van der Waals surface area (Å²) in [5.74, 6) is 0. The molecule has 2 aliphatic carbocycles. The normalized spacial score (nSPS) is 14.7. The van der Waals surface area contributed by atoms with E-state index in [0.717, 1.165) is 11.4 Å². The van der Waals surface area contributed by atoms with E-state index in [2.05, 4.69) is 196 Å². The second-order valence-corrected chi connectivity index (χ2v) is 16.2. The first-order valence-electron chi connectivity index (χ1n) is 18.8. The van der Waals surface area contributed by atoms with Crippen LogP contribution < -0.4 is 4.90 Å². The second kappa shape index (κ2) is 10.7. The Hall–Kier alpha value is -6.18. The van der Waals surface area contributed by atoms with E-state index in [-0.39, 0.29) is 10.8 Å². The van der Waals surface area contributed by atoms with Crippen LogP contribution in [0.15, 0.2) is 164 Å². The Morgan fingerprint density at radius 3 is 1.58 bits per heavy atom. The molecule has 0 aromatic heterocycles. The minimum absolute atomic E-state index is 0.130. The molecule has 0 bridgehead atoms. The fraction of sp³-hybridized carbons (Fsp3) is 0.115. The molecule has 9 aromatic rings. The van der Waals surface area contributed by atoms with E-state index in [4.69, 9.17) is 0 Å². The van der Waals surface area contributed by atoms with Crippen LogP contribution in [-0.2, 0) is 10.8 Å². The molecule has 2 aliphatic rings. The van der Waals surface area contributed by atoms with Gasteiger partial charge in [-0.2, -0.15) is 0 Å². The van der Waals surface area contributed by atoms with E-state index in [9.17, 15) is 0 Å². The van der Waals surface area contributed by atoms with Crippen molar-refractivity contribution in [3.63, 3.8) is 0 Å². The molecule has 0 radical (unpaired) electrons. The molecule has 0 fully saturated rings. The van der Waals surface area contributed by atoms with E-state index in [0.29, 0.717) is 0 Å². The summed E-state index contributed by atoms with van der Waals surface area (Å²) in [6, 6.07) is 61.5. The van der Waals surface area contributed by atoms with Crippen molar-refractivity contribution in [2.75, 3.05) is 4.90 Å². The first kappa shape index (κ1) is 30.4. The van der Waals surface area contributed by atoms with Crippen LogP contribution in [0.1, 0.15) is 49.9 Å². The summed E-state index contributed by atoms with van der Waals surface area (Å²) in [5.41, 5.74) is 14.3. The van der Waals surface area contributed by atoms with E-state index in [1.165, 1.54) is 93.3 Å². The Kier molecular flexibility index (Phi) is 6.14. The van der Waals surface area contributed by atoms with Gasteiger partial charge in [0, 0.05) is 27.9 Å². The third kappa shape index (κ3) is 4.20. The Labute approximate surface area is 310 Å². The van der Waals surface area contributed by atoms with Gasteiger partial charge in [0.15, 0.2) is 0 Å². The fourth-order valence-electron chi connectivity index (χ4n) is 10.0. The topological polar surface area (TPSA) is 3.24 Å². The van der Waals surface area contributed by atoms with Gasteiger partial charge in [0.05, 0.1) is 0 Å². The monoisotopic (exact) mass is 677 g/mol. The number of benzene rings is 9. The van der Waals surface area contributed by atoms with Gasteiger partial charge in [-0.1, -0.05) is 155 Å². The molecule has 0 saturated heterocycles. The number of hydrogen-bond acceptors (Lipinski definition) is 1. The average molecular weight is 678 g/mol. The van der Waals surface area contributed by atoms with Crippen LogP contribution in [0.25, 0.3) is 65.3 Å². The molecule has 9 aromatic carbocycles. The lowest BCUT2D eigenvalue weighted by Crippen LogP contribution is -2.17. The summed E-state index contributed by atoms with van der Waals surface area (Å²) in [6.45, 7) is 9.59. The maximum atomic E-state index is 2.46. The molecule has 0 amide bonds. The summed E-state index contributed by atoms with van der Waals surface area (Å²) < 4.78 is 0. The minimum Gasteiger partial charge on any atom is -0.310 e. The highest BCUT2D eigenvalue weighted by molar-refractivity contribution is 6.06. The lowest BCUT2D eigenvalue weighted by Gasteiger charge is -2.29. The molecular formula is C52H39N. The Morgan fingerprint density at radius 2 is 0.830 bits per heavy atom. The fourth-order valence-corrected chi connectivity index (χ4v) is 10.0. The number of nitrogens with zero attached hydrogens (tertiary/aromatic N) is 1. The number of anilines is 3. The summed E-state index contributed by atoms with van der Waals surface area (Å²) in [5, 5.41) is 10.4. The third-order valence-electron chi connectivity index (χ3n) is 12.5. The van der Waals surface area contributed by atoms with Crippen molar-refractivity contribution in [1.29, 1.82) is 0 Å². The molecule has 0 saturated carbocycles. The van der Waals surface area contributed by atoms with Gasteiger partial charge in [-0.05, 0) is 124 Å². The van der Waals surface area contributed by atoms with Crippen molar-refractivity contribution >= 4 is 60.2 Å². The molecule has 0 aliphatic heterocycles. The maximum Gasteiger partial charge on any atom is 0.0468 e. The first-order chi connectivity index (χ1) is 25.8. The first-order valence-corrected chi connectivity index (χ1v) is 18.8. The van der Waals surface area contributed by atoms with Crippen molar-refractivity contribution < 1.29 is 0 Å². The van der Waals surface area contributed by atoms with Crippen LogP contribution in [0, 0.1) is 0 Å². The van der Waals surface area contributed by atoms with Gasteiger partial charge in [0.1, 0.15) is 0 Å². The minimum atomic E-state index is -0.130. The van der Waals surface area contributed by atoms with E-state index < -0.39 is 0 Å². The Balaban J connectivity index is 1.11. The highest BCUT2D eigenvalue weighted by atomic mass is 15.1. The second-order valence-electron chi connectivity index (χ2n) is 16.2. The van der Waals surface area contributed by atoms with Crippen molar-refractivity contribution in [1.82, 2.24) is 0 Å². The predicted molar refractivity (Wildman–Crippen MR) is 226 cm³/mol. The molecule has 0 spiro atoms. The van der Waals surface area contributed by atoms with Crippen LogP contribution in [0.3, 0.4) is 0 Å². The predicted octanol–water partition coefficient (Wildman–Crippen LogP) is 14.4. The Morgan fingerprint density at radius 1 is 0.340 bits per heavy atom. The summed E-state index contributed by atoms with van der Waals surface area (Å²) in [4.78, 5) is 2.46. The van der Waals surface area contributed by atoms with Gasteiger partial charge < -0.3 is 4.90 Å². The van der Waals surface area contributed by atoms with Gasteiger partial charge in [0.2, 0.25) is 0 Å². The molecule has 0 atom stereocenters. The molecule has 53 heavy (non-hydrogen) atoms. The molecule has 1 heteroatoms. The molecule has 252 valence electrons. The molecule has 0 heterocycles. The zero-order valence-electron chi connectivity index (χ0n) is 30.5. The summed E-state index contributed by atoms with van der Waals surface area (Å²) in [7, 11) is 0. The van der Waals surface area contributed by atoms with Crippen molar-refractivity contribution in [3.05, 3.63) is 186 Å². The molecule has 11 rings (SSSR count). The van der Waals surface area contributed by atoms with E-state index >= 15 is 0 Å². The summed E-state index contributed by atoms with van der Waals surface area (Å²) in [6.07, 6.45) is 0. The average Bonchev–Trinajstić information content (AvgIpc) is 3.57. The van der Waals surface area contributed by atoms with Gasteiger partial charge in [-0.25, -0.2) is 0 Å². The van der Waals surface area contributed by atoms with Crippen LogP contribution in [0.5, 0.6) is 0 Å². The van der Waals surface area contributed by atoms with Gasteiger partial charge in [-0.15, -0.1) is 0 Å². The number of hydrogen-bond donors (Lipinski definition) is 0. The SMILES string of the molecule is CC1(C)c2cc(N(c3ccc4ccccc4c3)c3ccc4c5c(ccc4c3)-c3ccc4ccccc4c3C5(C)C)ccc2-c2c1ccc1ccccc21. The number of rotatable bonds is 3. The van der Waals surface area contributed by atoms with Gasteiger partial charge >= 0.3 is 0 Å². The molecular weight excluding hydrogens is 639 g/mol. The Bertz CT molecular complexity index is 3010. The zero-order valence-corrected chi connectivity index (χ0v) is 30.5. The van der Waals surface area contributed by atoms with E-state index in [1.807, 2.05) is 0 Å². The van der Waals surface area contributed by atoms with Crippen LogP contribution >= 0.6 is 0 Å². The largest absolute Gasteiger partial charge is 0.310 e. The quantitative estimate of drug-likeness (QED) is 0.180. The highest BCUT2D eigenvalue weighted by Crippen LogP contribution is 2.55. The zero-order chi connectivity index (χ0) is 35.6. The summed E-state index contributed by atoms with van der Waals surface area (Å²) >= 11 is 0. The van der Waals surface area contributed by atoms with Crippen molar-refractivity contribution in [2.45, 2.75) is 38.5 Å².